The van der Waals surface area contributed by atoms with E-state index in [-0.39, 0.29) is 11.7 Å². The van der Waals surface area contributed by atoms with Crippen molar-refractivity contribution in [1.82, 2.24) is 14.8 Å². The minimum Gasteiger partial charge on any atom is -0.497 e. The Hall–Kier alpha value is -3.57. The van der Waals surface area contributed by atoms with Crippen molar-refractivity contribution in [1.29, 1.82) is 0 Å². The van der Waals surface area contributed by atoms with E-state index in [9.17, 15) is 9.59 Å². The number of hydrogen-bond acceptors (Lipinski definition) is 9. The third-order valence-corrected chi connectivity index (χ3v) is 7.16. The lowest BCUT2D eigenvalue weighted by Crippen LogP contribution is -2.16. The Kier molecular flexibility index (Phi) is 7.57. The molecule has 0 bridgehead atoms. The smallest absolute Gasteiger partial charge is 0.341 e. The van der Waals surface area contributed by atoms with Crippen LogP contribution in [0.4, 0.5) is 5.00 Å². The summed E-state index contributed by atoms with van der Waals surface area (Å²) in [5.41, 5.74) is 2.67. The van der Waals surface area contributed by atoms with Crippen LogP contribution in [0.1, 0.15) is 23.0 Å². The number of esters is 1. The number of ether oxygens (including phenoxy) is 2. The number of nitrogens with zero attached hydrogens (tertiary/aromatic N) is 3. The second kappa shape index (κ2) is 10.8. The highest BCUT2D eigenvalue weighted by Crippen LogP contribution is 2.37. The van der Waals surface area contributed by atoms with Crippen molar-refractivity contribution in [2.24, 2.45) is 0 Å². The number of anilines is 1. The highest BCUT2D eigenvalue weighted by molar-refractivity contribution is 7.99. The Bertz CT molecular complexity index is 1340. The zero-order valence-corrected chi connectivity index (χ0v) is 21.3. The van der Waals surface area contributed by atoms with Gasteiger partial charge in [-0.1, -0.05) is 23.9 Å². The second-order valence-corrected chi connectivity index (χ2v) is 9.17. The van der Waals surface area contributed by atoms with Crippen LogP contribution in [-0.4, -0.2) is 46.6 Å². The van der Waals surface area contributed by atoms with Crippen LogP contribution in [0.5, 0.6) is 5.75 Å². The molecule has 4 rings (SSSR count). The average Bonchev–Trinajstić information content (AvgIpc) is 3.60. The highest BCUT2D eigenvalue weighted by atomic mass is 32.2. The summed E-state index contributed by atoms with van der Waals surface area (Å²) in [6, 6.07) is 9.17. The third-order valence-electron chi connectivity index (χ3n) is 5.30. The number of methoxy groups -OCH3 is 2. The van der Waals surface area contributed by atoms with Crippen molar-refractivity contribution in [3.8, 4) is 28.3 Å². The van der Waals surface area contributed by atoms with Crippen molar-refractivity contribution in [3.05, 3.63) is 53.3 Å². The van der Waals surface area contributed by atoms with Crippen molar-refractivity contribution in [3.63, 3.8) is 0 Å². The number of aryl methyl sites for hydroxylation is 1. The summed E-state index contributed by atoms with van der Waals surface area (Å²) < 4.78 is 17.5. The lowest BCUT2D eigenvalue weighted by molar-refractivity contribution is -0.113. The Balaban J connectivity index is 1.51. The first-order valence-corrected chi connectivity index (χ1v) is 12.6. The molecule has 0 radical (unpaired) electrons. The summed E-state index contributed by atoms with van der Waals surface area (Å²) in [4.78, 5) is 25.4. The number of rotatable bonds is 9. The minimum atomic E-state index is -0.522. The van der Waals surface area contributed by atoms with E-state index in [1.54, 1.807) is 13.4 Å². The zero-order chi connectivity index (χ0) is 24.9. The van der Waals surface area contributed by atoms with Gasteiger partial charge in [-0.25, -0.2) is 4.79 Å². The molecule has 0 spiro atoms. The summed E-state index contributed by atoms with van der Waals surface area (Å²) in [6.45, 7) is 4.49. The lowest BCUT2D eigenvalue weighted by atomic mass is 10.0. The van der Waals surface area contributed by atoms with Crippen molar-refractivity contribution < 1.29 is 23.5 Å². The first kappa shape index (κ1) is 24.6. The largest absolute Gasteiger partial charge is 0.497 e. The predicted molar refractivity (Wildman–Crippen MR) is 135 cm³/mol. The van der Waals surface area contributed by atoms with Crippen LogP contribution in [0.2, 0.25) is 0 Å². The summed E-state index contributed by atoms with van der Waals surface area (Å²) in [7, 11) is 2.91. The van der Waals surface area contributed by atoms with E-state index in [1.807, 2.05) is 54.1 Å². The molecule has 11 heteroatoms. The maximum atomic E-state index is 12.8. The topological polar surface area (TPSA) is 108 Å². The molecule has 3 aromatic heterocycles. The van der Waals surface area contributed by atoms with Crippen LogP contribution in [-0.2, 0) is 16.1 Å². The highest BCUT2D eigenvalue weighted by Gasteiger charge is 2.23. The monoisotopic (exact) mass is 512 g/mol. The number of thiophene rings is 1. The molecule has 0 saturated heterocycles. The Morgan fingerprint density at radius 3 is 2.54 bits per heavy atom. The molecule has 9 nitrogen and oxygen atoms in total. The molecule has 0 aliphatic heterocycles. The van der Waals surface area contributed by atoms with Gasteiger partial charge in [-0.2, -0.15) is 0 Å². The van der Waals surface area contributed by atoms with Crippen LogP contribution >= 0.6 is 23.1 Å². The summed E-state index contributed by atoms with van der Waals surface area (Å²) in [5, 5.41) is 14.3. The van der Waals surface area contributed by atoms with Gasteiger partial charge < -0.3 is 23.8 Å². The number of furan rings is 1. The fraction of sp³-hybridized carbons (Fsp3) is 0.250. The quantitative estimate of drug-likeness (QED) is 0.243. The molecule has 1 aromatic carbocycles. The molecule has 0 aliphatic rings. The van der Waals surface area contributed by atoms with Crippen LogP contribution < -0.4 is 10.1 Å². The molecule has 35 heavy (non-hydrogen) atoms. The number of benzene rings is 1. The molecule has 0 aliphatic carbocycles. The van der Waals surface area contributed by atoms with Gasteiger partial charge in [0.1, 0.15) is 22.1 Å². The van der Waals surface area contributed by atoms with Gasteiger partial charge in [0.25, 0.3) is 0 Å². The molecule has 4 aromatic rings. The Morgan fingerprint density at radius 2 is 1.91 bits per heavy atom. The lowest BCUT2D eigenvalue weighted by Gasteiger charge is -2.09. The normalized spacial score (nSPS) is 10.9. The van der Waals surface area contributed by atoms with Gasteiger partial charge in [-0.05, 0) is 37.6 Å². The molecular weight excluding hydrogens is 488 g/mol. The average molecular weight is 513 g/mol. The van der Waals surface area contributed by atoms with Gasteiger partial charge >= 0.3 is 5.97 Å². The molecule has 0 atom stereocenters. The number of aromatic nitrogens is 3. The first-order valence-electron chi connectivity index (χ1n) is 10.7. The minimum absolute atomic E-state index is 0.0961. The molecule has 1 amide bonds. The predicted octanol–water partition coefficient (Wildman–Crippen LogP) is 5.12. The van der Waals surface area contributed by atoms with E-state index in [0.29, 0.717) is 39.4 Å². The van der Waals surface area contributed by atoms with Crippen molar-refractivity contribution >= 4 is 40.0 Å². The number of hydrogen-bond donors (Lipinski definition) is 1. The van der Waals surface area contributed by atoms with E-state index >= 15 is 0 Å². The van der Waals surface area contributed by atoms with E-state index < -0.39 is 5.97 Å². The SMILES string of the molecule is CCn1c(SCC(=O)Nc2scc(-c3ccc(OC)cc3)c2C(=O)OC)nnc1-c1ccoc1C. The van der Waals surface area contributed by atoms with Gasteiger partial charge in [-0.15, -0.1) is 21.5 Å². The fourth-order valence-corrected chi connectivity index (χ4v) is 5.30. The van der Waals surface area contributed by atoms with E-state index in [4.69, 9.17) is 13.9 Å². The third kappa shape index (κ3) is 5.10. The van der Waals surface area contributed by atoms with Gasteiger partial charge in [0, 0.05) is 17.5 Å². The second-order valence-electron chi connectivity index (χ2n) is 7.35. The maximum Gasteiger partial charge on any atom is 0.341 e. The van der Waals surface area contributed by atoms with Crippen LogP contribution in [0.3, 0.4) is 0 Å². The fourth-order valence-electron chi connectivity index (χ4n) is 3.53. The molecule has 0 saturated carbocycles. The summed E-state index contributed by atoms with van der Waals surface area (Å²) in [6.07, 6.45) is 1.61. The van der Waals surface area contributed by atoms with Gasteiger partial charge in [0.15, 0.2) is 11.0 Å². The molecule has 3 heterocycles. The van der Waals surface area contributed by atoms with Crippen molar-refractivity contribution in [2.75, 3.05) is 25.3 Å². The standard InChI is InChI=1S/C24H24N4O5S2/c1-5-28-21(17-10-11-33-14(17)2)26-27-24(28)35-13-19(29)25-22-20(23(30)32-4)18(12-34-22)15-6-8-16(31-3)9-7-15/h6-12H,5,13H2,1-4H3,(H,25,29). The van der Waals surface area contributed by atoms with E-state index in [0.717, 1.165) is 16.9 Å². The van der Waals surface area contributed by atoms with Gasteiger partial charge in [0.2, 0.25) is 5.91 Å². The van der Waals surface area contributed by atoms with Crippen molar-refractivity contribution in [2.45, 2.75) is 25.5 Å². The Morgan fingerprint density at radius 1 is 1.14 bits per heavy atom. The molecular formula is C24H24N4O5S2. The molecule has 0 fully saturated rings. The zero-order valence-electron chi connectivity index (χ0n) is 19.7. The van der Waals surface area contributed by atoms with Crippen LogP contribution in [0.25, 0.3) is 22.5 Å². The number of thioether (sulfide) groups is 1. The summed E-state index contributed by atoms with van der Waals surface area (Å²) in [5.74, 6) is 1.46. The maximum absolute atomic E-state index is 12.8. The molecule has 0 unspecified atom stereocenters. The van der Waals surface area contributed by atoms with E-state index in [1.165, 1.54) is 30.2 Å². The number of nitrogens with one attached hydrogen (secondary N) is 1. The Labute approximate surface area is 210 Å². The van der Waals surface area contributed by atoms with E-state index in [2.05, 4.69) is 15.5 Å². The van der Waals surface area contributed by atoms with Crippen LogP contribution in [0, 0.1) is 6.92 Å². The number of amides is 1. The van der Waals surface area contributed by atoms with Gasteiger partial charge in [0.05, 0.1) is 31.8 Å². The number of carbonyl (C=O) groups excluding carboxylic acids is 2. The first-order chi connectivity index (χ1) is 17.0. The molecule has 1 N–H and O–H groups in total. The molecule has 182 valence electrons. The number of carbonyl (C=O) groups is 2. The van der Waals surface area contributed by atoms with Gasteiger partial charge in [-0.3, -0.25) is 4.79 Å². The summed E-state index contributed by atoms with van der Waals surface area (Å²) >= 11 is 2.54. The van der Waals surface area contributed by atoms with Crippen LogP contribution in [0.15, 0.2) is 51.5 Å².